The van der Waals surface area contributed by atoms with Crippen molar-refractivity contribution < 1.29 is 43.1 Å². The number of alkyl halides is 3. The van der Waals surface area contributed by atoms with E-state index >= 15 is 0 Å². The van der Waals surface area contributed by atoms with E-state index in [-0.39, 0.29) is 0 Å². The molecule has 7 nitrogen and oxygen atoms in total. The van der Waals surface area contributed by atoms with E-state index < -0.39 is 55.8 Å². The van der Waals surface area contributed by atoms with Crippen LogP contribution in [0, 0.1) is 0 Å². The lowest BCUT2D eigenvalue weighted by Crippen LogP contribution is -2.62. The van der Waals surface area contributed by atoms with Gasteiger partial charge in [0.1, 0.15) is 31.0 Å². The lowest BCUT2D eigenvalue weighted by Gasteiger charge is -2.39. The molecule has 0 radical (unpaired) electrons. The van der Waals surface area contributed by atoms with Gasteiger partial charge < -0.3 is 30.5 Å². The Hall–Kier alpha value is -0.940. The van der Waals surface area contributed by atoms with E-state index in [2.05, 4.69) is 0 Å². The Bertz CT molecular complexity index is 324. The fraction of sp³-hybridized carbons (Fsp3) is 0.889. The molecule has 112 valence electrons. The van der Waals surface area contributed by atoms with Gasteiger partial charge in [-0.1, -0.05) is 0 Å². The molecule has 5 N–H and O–H groups in total. The van der Waals surface area contributed by atoms with Gasteiger partial charge in [0.05, 0.1) is 6.61 Å². The van der Waals surface area contributed by atoms with Gasteiger partial charge in [0.2, 0.25) is 0 Å². The van der Waals surface area contributed by atoms with E-state index in [0.717, 1.165) is 0 Å². The highest BCUT2D eigenvalue weighted by molar-refractivity contribution is 5.81. The Labute approximate surface area is 105 Å². The van der Waals surface area contributed by atoms with Gasteiger partial charge in [0.25, 0.3) is 5.91 Å². The Kier molecular flexibility index (Phi) is 5.10. The van der Waals surface area contributed by atoms with Crippen LogP contribution < -0.4 is 5.32 Å². The molecule has 1 amide bonds. The summed E-state index contributed by atoms with van der Waals surface area (Å²) in [6.07, 6.45) is -13.2. The predicted molar refractivity (Wildman–Crippen MR) is 52.8 cm³/mol. The van der Waals surface area contributed by atoms with Crippen LogP contribution in [0.25, 0.3) is 0 Å². The van der Waals surface area contributed by atoms with Crippen molar-refractivity contribution in [2.75, 3.05) is 13.2 Å². The van der Waals surface area contributed by atoms with Crippen LogP contribution in [0.5, 0.6) is 0 Å². The van der Waals surface area contributed by atoms with E-state index in [4.69, 9.17) is 9.84 Å². The second-order valence-corrected chi connectivity index (χ2v) is 4.08. The molecule has 0 aromatic heterocycles. The zero-order chi connectivity index (χ0) is 14.8. The molecule has 1 aliphatic heterocycles. The second kappa shape index (κ2) is 6.01. The third-order valence-electron chi connectivity index (χ3n) is 2.61. The van der Waals surface area contributed by atoms with E-state index in [9.17, 15) is 33.3 Å². The van der Waals surface area contributed by atoms with Gasteiger partial charge in [0, 0.05) is 0 Å². The van der Waals surface area contributed by atoms with E-state index in [1.165, 1.54) is 5.32 Å². The molecule has 1 saturated heterocycles. The van der Waals surface area contributed by atoms with E-state index in [1.54, 1.807) is 0 Å². The molecule has 0 aromatic carbocycles. The number of aliphatic hydroxyl groups excluding tert-OH is 4. The van der Waals surface area contributed by atoms with Gasteiger partial charge in [-0.05, 0) is 0 Å². The van der Waals surface area contributed by atoms with E-state index in [1.807, 2.05) is 0 Å². The molecule has 5 atom stereocenters. The van der Waals surface area contributed by atoms with Gasteiger partial charge in [-0.3, -0.25) is 4.79 Å². The molecular formula is C9H14F3NO6. The fourth-order valence-electron chi connectivity index (χ4n) is 1.61. The summed E-state index contributed by atoms with van der Waals surface area (Å²) in [7, 11) is 0. The second-order valence-electron chi connectivity index (χ2n) is 4.08. The number of hydrogen-bond acceptors (Lipinski definition) is 6. The maximum absolute atomic E-state index is 11.9. The number of carbonyl (C=O) groups excluding carboxylic acids is 1. The number of halogens is 3. The standard InChI is InChI=1S/C9H14F3NO6/c10-9(11,12)2-13-8(18)7-6(17)5(16)4(15)3(1-14)19-7/h3-7,14-17H,1-2H2,(H,13,18)/t3-,4-,5+,6-,7-/m1/s1. The molecule has 0 saturated carbocycles. The van der Waals surface area contributed by atoms with Crippen molar-refractivity contribution in [1.29, 1.82) is 0 Å². The summed E-state index contributed by atoms with van der Waals surface area (Å²) < 4.78 is 40.5. The molecule has 1 heterocycles. The summed E-state index contributed by atoms with van der Waals surface area (Å²) in [5, 5.41) is 38.5. The molecule has 0 spiro atoms. The van der Waals surface area contributed by atoms with Crippen molar-refractivity contribution in [2.45, 2.75) is 36.7 Å². The van der Waals surface area contributed by atoms with Crippen LogP contribution in [-0.4, -0.2) is 76.2 Å². The number of rotatable bonds is 3. The zero-order valence-corrected chi connectivity index (χ0v) is 9.54. The third kappa shape index (κ3) is 4.01. The smallest absolute Gasteiger partial charge is 0.394 e. The van der Waals surface area contributed by atoms with Crippen LogP contribution in [0.2, 0.25) is 0 Å². The van der Waals surface area contributed by atoms with Crippen LogP contribution in [0.4, 0.5) is 13.2 Å². The predicted octanol–water partition coefficient (Wildman–Crippen LogP) is -2.49. The number of nitrogens with one attached hydrogen (secondary N) is 1. The maximum Gasteiger partial charge on any atom is 0.405 e. The monoisotopic (exact) mass is 289 g/mol. The molecule has 1 aliphatic rings. The minimum atomic E-state index is -4.64. The highest BCUT2D eigenvalue weighted by Gasteiger charge is 2.46. The van der Waals surface area contributed by atoms with Gasteiger partial charge in [-0.15, -0.1) is 0 Å². The first-order chi connectivity index (χ1) is 8.67. The molecule has 19 heavy (non-hydrogen) atoms. The largest absolute Gasteiger partial charge is 0.405 e. The molecule has 10 heteroatoms. The average Bonchev–Trinajstić information content (AvgIpc) is 2.33. The summed E-state index contributed by atoms with van der Waals surface area (Å²) in [5.74, 6) is -1.30. The minimum absolute atomic E-state index is 0.770. The van der Waals surface area contributed by atoms with Crippen LogP contribution in [0.15, 0.2) is 0 Å². The quantitative estimate of drug-likeness (QED) is 0.392. The fourth-order valence-corrected chi connectivity index (χ4v) is 1.61. The SMILES string of the molecule is O=C(NCC(F)(F)F)[C@@H]1O[C@H](CO)[C@@H](O)[C@H](O)[C@H]1O. The van der Waals surface area contributed by atoms with Crippen molar-refractivity contribution in [3.63, 3.8) is 0 Å². The summed E-state index contributed by atoms with van der Waals surface area (Å²) in [6, 6.07) is 0. The van der Waals surface area contributed by atoms with Crippen molar-refractivity contribution in [3.8, 4) is 0 Å². The Morgan fingerprint density at radius 1 is 1.16 bits per heavy atom. The molecule has 1 rings (SSSR count). The molecule has 0 aromatic rings. The van der Waals surface area contributed by atoms with Crippen LogP contribution in [0.1, 0.15) is 0 Å². The maximum atomic E-state index is 11.9. The van der Waals surface area contributed by atoms with Crippen molar-refractivity contribution >= 4 is 5.91 Å². The average molecular weight is 289 g/mol. The number of aliphatic hydroxyl groups is 4. The first-order valence-corrected chi connectivity index (χ1v) is 5.32. The molecule has 0 aliphatic carbocycles. The van der Waals surface area contributed by atoms with Gasteiger partial charge >= 0.3 is 6.18 Å². The third-order valence-corrected chi connectivity index (χ3v) is 2.61. The van der Waals surface area contributed by atoms with Crippen molar-refractivity contribution in [2.24, 2.45) is 0 Å². The zero-order valence-electron chi connectivity index (χ0n) is 9.54. The van der Waals surface area contributed by atoms with Crippen molar-refractivity contribution in [3.05, 3.63) is 0 Å². The first kappa shape index (κ1) is 16.1. The summed E-state index contributed by atoms with van der Waals surface area (Å²) in [6.45, 7) is -2.39. The number of carbonyl (C=O) groups is 1. The summed E-state index contributed by atoms with van der Waals surface area (Å²) >= 11 is 0. The van der Waals surface area contributed by atoms with Crippen LogP contribution in [-0.2, 0) is 9.53 Å². The molecule has 1 fully saturated rings. The molecule has 0 bridgehead atoms. The normalized spacial score (nSPS) is 36.1. The lowest BCUT2D eigenvalue weighted by molar-refractivity contribution is -0.227. The van der Waals surface area contributed by atoms with Gasteiger partial charge in [-0.2, -0.15) is 13.2 Å². The number of hydrogen-bond donors (Lipinski definition) is 5. The number of ether oxygens (including phenoxy) is 1. The van der Waals surface area contributed by atoms with E-state index in [0.29, 0.717) is 0 Å². The Morgan fingerprint density at radius 2 is 1.74 bits per heavy atom. The highest BCUT2D eigenvalue weighted by atomic mass is 19.4. The van der Waals surface area contributed by atoms with Crippen LogP contribution >= 0.6 is 0 Å². The lowest BCUT2D eigenvalue weighted by atomic mass is 9.95. The van der Waals surface area contributed by atoms with Gasteiger partial charge in [-0.25, -0.2) is 0 Å². The number of amides is 1. The van der Waals surface area contributed by atoms with Crippen LogP contribution in [0.3, 0.4) is 0 Å². The first-order valence-electron chi connectivity index (χ1n) is 5.32. The molecule has 0 unspecified atom stereocenters. The minimum Gasteiger partial charge on any atom is -0.394 e. The summed E-state index contributed by atoms with van der Waals surface area (Å²) in [4.78, 5) is 11.4. The molecular weight excluding hydrogens is 275 g/mol. The topological polar surface area (TPSA) is 119 Å². The summed E-state index contributed by atoms with van der Waals surface area (Å²) in [5.41, 5.74) is 0. The Morgan fingerprint density at radius 3 is 2.21 bits per heavy atom. The van der Waals surface area contributed by atoms with Crippen molar-refractivity contribution in [1.82, 2.24) is 5.32 Å². The highest BCUT2D eigenvalue weighted by Crippen LogP contribution is 2.21. The van der Waals surface area contributed by atoms with Gasteiger partial charge in [0.15, 0.2) is 6.10 Å². The Balaban J connectivity index is 2.68.